The number of likely N-dealkylation sites (tertiary alicyclic amines) is 1. The van der Waals surface area contributed by atoms with Gasteiger partial charge in [-0.05, 0) is 38.5 Å². The van der Waals surface area contributed by atoms with Gasteiger partial charge in [0.15, 0.2) is 0 Å². The van der Waals surface area contributed by atoms with Crippen LogP contribution in [0.3, 0.4) is 0 Å². The maximum absolute atomic E-state index is 12.6. The first-order chi connectivity index (χ1) is 12.5. The molecule has 0 aromatic heterocycles. The summed E-state index contributed by atoms with van der Waals surface area (Å²) in [5.41, 5.74) is 1.21. The van der Waals surface area contributed by atoms with Gasteiger partial charge in [-0.15, -0.1) is 0 Å². The standard InChI is InChI=1S/C21H32N2O3/c1-16(2)23-11-12-25-20(15-23)14-21(24)22-9-7-18(8-10-22)26-19-6-4-5-17(3)13-19/h4-6,13,16,18,20H,7-12,14-15H2,1-3H3/t20-/m0/s1. The highest BCUT2D eigenvalue weighted by Crippen LogP contribution is 2.21. The van der Waals surface area contributed by atoms with Gasteiger partial charge in [-0.25, -0.2) is 0 Å². The van der Waals surface area contributed by atoms with Gasteiger partial charge in [0, 0.05) is 45.1 Å². The number of hydrogen-bond donors (Lipinski definition) is 0. The number of carbonyl (C=O) groups is 1. The summed E-state index contributed by atoms with van der Waals surface area (Å²) in [5, 5.41) is 0. The van der Waals surface area contributed by atoms with Crippen LogP contribution in [-0.4, -0.2) is 66.7 Å². The summed E-state index contributed by atoms with van der Waals surface area (Å²) in [4.78, 5) is 17.0. The van der Waals surface area contributed by atoms with Crippen molar-refractivity contribution in [1.82, 2.24) is 9.80 Å². The Balaban J connectivity index is 1.43. The molecule has 1 atom stereocenters. The number of amides is 1. The maximum atomic E-state index is 12.6. The lowest BCUT2D eigenvalue weighted by Gasteiger charge is -2.37. The molecule has 144 valence electrons. The molecule has 26 heavy (non-hydrogen) atoms. The van der Waals surface area contributed by atoms with Crippen LogP contribution in [0.25, 0.3) is 0 Å². The Morgan fingerprint density at radius 1 is 1.27 bits per heavy atom. The molecule has 1 amide bonds. The minimum atomic E-state index is 0.0277. The Hall–Kier alpha value is -1.59. The summed E-state index contributed by atoms with van der Waals surface area (Å²) in [5.74, 6) is 1.15. The number of hydrogen-bond acceptors (Lipinski definition) is 4. The van der Waals surface area contributed by atoms with Crippen molar-refractivity contribution in [1.29, 1.82) is 0 Å². The van der Waals surface area contributed by atoms with Gasteiger partial charge in [0.25, 0.3) is 0 Å². The molecule has 2 aliphatic rings. The zero-order valence-corrected chi connectivity index (χ0v) is 16.3. The number of carbonyl (C=O) groups excluding carboxylic acids is 1. The SMILES string of the molecule is Cc1cccc(OC2CCN(C(=O)C[C@H]3CN(C(C)C)CCO3)CC2)c1. The fraction of sp³-hybridized carbons (Fsp3) is 0.667. The Morgan fingerprint density at radius 2 is 2.04 bits per heavy atom. The second-order valence-corrected chi connectivity index (χ2v) is 7.80. The molecule has 2 saturated heterocycles. The van der Waals surface area contributed by atoms with Gasteiger partial charge in [-0.2, -0.15) is 0 Å². The van der Waals surface area contributed by atoms with Crippen molar-refractivity contribution in [2.75, 3.05) is 32.8 Å². The van der Waals surface area contributed by atoms with E-state index in [2.05, 4.69) is 37.8 Å². The Morgan fingerprint density at radius 3 is 2.73 bits per heavy atom. The van der Waals surface area contributed by atoms with Gasteiger partial charge in [-0.1, -0.05) is 12.1 Å². The van der Waals surface area contributed by atoms with Crippen LogP contribution in [0.15, 0.2) is 24.3 Å². The van der Waals surface area contributed by atoms with Crippen LogP contribution in [-0.2, 0) is 9.53 Å². The molecule has 2 fully saturated rings. The van der Waals surface area contributed by atoms with E-state index in [-0.39, 0.29) is 18.1 Å². The van der Waals surface area contributed by atoms with Crippen molar-refractivity contribution in [2.45, 2.75) is 58.3 Å². The van der Waals surface area contributed by atoms with Gasteiger partial charge in [-0.3, -0.25) is 9.69 Å². The quantitative estimate of drug-likeness (QED) is 0.810. The summed E-state index contributed by atoms with van der Waals surface area (Å²) in [6.07, 6.45) is 2.50. The number of piperidine rings is 1. The van der Waals surface area contributed by atoms with E-state index in [1.807, 2.05) is 17.0 Å². The van der Waals surface area contributed by atoms with Crippen molar-refractivity contribution < 1.29 is 14.3 Å². The van der Waals surface area contributed by atoms with E-state index in [1.54, 1.807) is 0 Å². The van der Waals surface area contributed by atoms with Crippen molar-refractivity contribution in [3.05, 3.63) is 29.8 Å². The van der Waals surface area contributed by atoms with Crippen LogP contribution < -0.4 is 4.74 Å². The Labute approximate surface area is 157 Å². The minimum Gasteiger partial charge on any atom is -0.490 e. The summed E-state index contributed by atoms with van der Waals surface area (Å²) in [6.45, 7) is 10.6. The number of ether oxygens (including phenoxy) is 2. The van der Waals surface area contributed by atoms with Gasteiger partial charge < -0.3 is 14.4 Å². The molecule has 2 aliphatic heterocycles. The second-order valence-electron chi connectivity index (χ2n) is 7.80. The second kappa shape index (κ2) is 8.87. The third-order valence-electron chi connectivity index (χ3n) is 5.39. The first kappa shape index (κ1) is 19.2. The predicted octanol–water partition coefficient (Wildman–Crippen LogP) is 2.86. The minimum absolute atomic E-state index is 0.0277. The van der Waals surface area contributed by atoms with E-state index in [0.717, 1.165) is 51.4 Å². The third-order valence-corrected chi connectivity index (χ3v) is 5.39. The first-order valence-electron chi connectivity index (χ1n) is 9.88. The molecule has 5 nitrogen and oxygen atoms in total. The van der Waals surface area contributed by atoms with Gasteiger partial charge in [0.05, 0.1) is 19.1 Å². The average Bonchev–Trinajstić information content (AvgIpc) is 2.62. The van der Waals surface area contributed by atoms with Crippen molar-refractivity contribution in [2.24, 2.45) is 0 Å². The van der Waals surface area contributed by atoms with E-state index in [0.29, 0.717) is 12.5 Å². The highest BCUT2D eigenvalue weighted by atomic mass is 16.5. The predicted molar refractivity (Wildman–Crippen MR) is 102 cm³/mol. The van der Waals surface area contributed by atoms with Crippen molar-refractivity contribution in [3.8, 4) is 5.75 Å². The van der Waals surface area contributed by atoms with Crippen LogP contribution in [0, 0.1) is 6.92 Å². The number of aryl methyl sites for hydroxylation is 1. The molecule has 0 saturated carbocycles. The third kappa shape index (κ3) is 5.21. The molecule has 1 aromatic rings. The molecule has 0 unspecified atom stereocenters. The molecule has 0 bridgehead atoms. The fourth-order valence-electron chi connectivity index (χ4n) is 3.76. The monoisotopic (exact) mass is 360 g/mol. The molecule has 5 heteroatoms. The van der Waals surface area contributed by atoms with E-state index >= 15 is 0 Å². The average molecular weight is 360 g/mol. The van der Waals surface area contributed by atoms with Crippen molar-refractivity contribution in [3.63, 3.8) is 0 Å². The highest BCUT2D eigenvalue weighted by molar-refractivity contribution is 5.76. The lowest BCUT2D eigenvalue weighted by molar-refractivity contribution is -0.138. The molecular weight excluding hydrogens is 328 g/mol. The van der Waals surface area contributed by atoms with Crippen LogP contribution in [0.2, 0.25) is 0 Å². The van der Waals surface area contributed by atoms with Crippen LogP contribution in [0.1, 0.15) is 38.7 Å². The molecule has 2 heterocycles. The molecule has 0 aliphatic carbocycles. The number of morpholine rings is 1. The number of benzene rings is 1. The topological polar surface area (TPSA) is 42.0 Å². The number of nitrogens with zero attached hydrogens (tertiary/aromatic N) is 2. The smallest absolute Gasteiger partial charge is 0.225 e. The normalized spacial score (nSPS) is 22.6. The van der Waals surface area contributed by atoms with Crippen LogP contribution >= 0.6 is 0 Å². The molecule has 0 radical (unpaired) electrons. The summed E-state index contributed by atoms with van der Waals surface area (Å²) < 4.78 is 11.9. The molecular formula is C21H32N2O3. The van der Waals surface area contributed by atoms with E-state index < -0.39 is 0 Å². The molecule has 0 spiro atoms. The van der Waals surface area contributed by atoms with Gasteiger partial charge in [0.1, 0.15) is 11.9 Å². The Kier molecular flexibility index (Phi) is 6.54. The largest absolute Gasteiger partial charge is 0.490 e. The summed E-state index contributed by atoms with van der Waals surface area (Å²) in [6, 6.07) is 8.67. The zero-order chi connectivity index (χ0) is 18.5. The first-order valence-corrected chi connectivity index (χ1v) is 9.88. The summed E-state index contributed by atoms with van der Waals surface area (Å²) >= 11 is 0. The van der Waals surface area contributed by atoms with E-state index in [4.69, 9.17) is 9.47 Å². The Bertz CT molecular complexity index is 597. The summed E-state index contributed by atoms with van der Waals surface area (Å²) in [7, 11) is 0. The van der Waals surface area contributed by atoms with Crippen LogP contribution in [0.4, 0.5) is 0 Å². The molecule has 3 rings (SSSR count). The van der Waals surface area contributed by atoms with Gasteiger partial charge in [0.2, 0.25) is 5.91 Å². The van der Waals surface area contributed by atoms with E-state index in [1.165, 1.54) is 5.56 Å². The van der Waals surface area contributed by atoms with E-state index in [9.17, 15) is 4.79 Å². The molecule has 0 N–H and O–H groups in total. The van der Waals surface area contributed by atoms with Crippen LogP contribution in [0.5, 0.6) is 5.75 Å². The van der Waals surface area contributed by atoms with Crippen molar-refractivity contribution >= 4 is 5.91 Å². The van der Waals surface area contributed by atoms with Gasteiger partial charge >= 0.3 is 0 Å². The zero-order valence-electron chi connectivity index (χ0n) is 16.3. The lowest BCUT2D eigenvalue weighted by atomic mass is 10.1. The maximum Gasteiger partial charge on any atom is 0.225 e. The number of rotatable bonds is 5. The molecule has 1 aromatic carbocycles. The highest BCUT2D eigenvalue weighted by Gasteiger charge is 2.29. The lowest BCUT2D eigenvalue weighted by Crippen LogP contribution is -2.48. The fourth-order valence-corrected chi connectivity index (χ4v) is 3.76.